The van der Waals surface area contributed by atoms with Gasteiger partial charge in [-0.2, -0.15) is 9.62 Å². The zero-order valence-electron chi connectivity index (χ0n) is 17.8. The Labute approximate surface area is 199 Å². The molecular formula is C25H18ClFN6O. The van der Waals surface area contributed by atoms with Crippen LogP contribution in [-0.2, 0) is 6.61 Å². The van der Waals surface area contributed by atoms with Gasteiger partial charge in [0.1, 0.15) is 18.2 Å². The first-order valence-corrected chi connectivity index (χ1v) is 10.8. The summed E-state index contributed by atoms with van der Waals surface area (Å²) in [5.74, 6) is 0.861. The molecule has 168 valence electrons. The third kappa shape index (κ3) is 4.72. The summed E-state index contributed by atoms with van der Waals surface area (Å²) in [4.78, 5) is 0. The Morgan fingerprint density at radius 2 is 1.82 bits per heavy atom. The van der Waals surface area contributed by atoms with Gasteiger partial charge < -0.3 is 4.74 Å². The number of rotatable bonds is 7. The van der Waals surface area contributed by atoms with Crippen molar-refractivity contribution >= 4 is 29.3 Å². The van der Waals surface area contributed by atoms with Crippen molar-refractivity contribution in [2.24, 2.45) is 5.10 Å². The first kappa shape index (κ1) is 21.5. The monoisotopic (exact) mass is 472 g/mol. The van der Waals surface area contributed by atoms with Crippen LogP contribution in [0.15, 0.2) is 90.0 Å². The van der Waals surface area contributed by atoms with Crippen molar-refractivity contribution in [2.45, 2.75) is 6.61 Å². The van der Waals surface area contributed by atoms with E-state index in [2.05, 4.69) is 25.8 Å². The van der Waals surface area contributed by atoms with Crippen molar-refractivity contribution < 1.29 is 9.13 Å². The van der Waals surface area contributed by atoms with E-state index in [0.717, 1.165) is 16.9 Å². The molecule has 0 bridgehead atoms. The highest BCUT2D eigenvalue weighted by molar-refractivity contribution is 6.33. The summed E-state index contributed by atoms with van der Waals surface area (Å²) in [5, 5.41) is 17.0. The fourth-order valence-corrected chi connectivity index (χ4v) is 3.56. The standard InChI is InChI=1S/C25H18ClFN6O/c26-20-10-5-11-21(27)24(20)25-31-30-23-13-12-22(32-33(23)25)29-28-15-18-8-4-9-19(14-18)34-16-17-6-2-1-3-7-17/h1-15H,16H2,(H,29,32)/b28-15-. The summed E-state index contributed by atoms with van der Waals surface area (Å²) in [6.45, 7) is 0.483. The largest absolute Gasteiger partial charge is 0.489 e. The lowest BCUT2D eigenvalue weighted by atomic mass is 10.2. The molecule has 0 radical (unpaired) electrons. The number of nitrogens with zero attached hydrogens (tertiary/aromatic N) is 5. The normalized spacial score (nSPS) is 11.2. The number of anilines is 1. The van der Waals surface area contributed by atoms with Gasteiger partial charge in [-0.25, -0.2) is 4.39 Å². The topological polar surface area (TPSA) is 76.7 Å². The molecule has 0 aliphatic rings. The van der Waals surface area contributed by atoms with Gasteiger partial charge in [-0.1, -0.05) is 60.1 Å². The second-order valence-corrected chi connectivity index (χ2v) is 7.73. The molecule has 0 aliphatic carbocycles. The summed E-state index contributed by atoms with van der Waals surface area (Å²) in [6, 6.07) is 25.4. The van der Waals surface area contributed by atoms with E-state index in [0.29, 0.717) is 18.1 Å². The molecule has 0 amide bonds. The highest BCUT2D eigenvalue weighted by atomic mass is 35.5. The first-order chi connectivity index (χ1) is 16.7. The third-order valence-electron chi connectivity index (χ3n) is 4.95. The molecule has 0 saturated carbocycles. The van der Waals surface area contributed by atoms with Crippen LogP contribution in [0, 0.1) is 5.82 Å². The van der Waals surface area contributed by atoms with E-state index >= 15 is 0 Å². The highest BCUT2D eigenvalue weighted by Gasteiger charge is 2.17. The number of benzene rings is 3. The molecule has 9 heteroatoms. The summed E-state index contributed by atoms with van der Waals surface area (Å²) >= 11 is 6.18. The number of ether oxygens (including phenoxy) is 1. The Balaban J connectivity index is 1.31. The lowest BCUT2D eigenvalue weighted by Gasteiger charge is -2.07. The molecule has 5 aromatic rings. The molecule has 0 aliphatic heterocycles. The van der Waals surface area contributed by atoms with Crippen LogP contribution in [0.5, 0.6) is 5.75 Å². The minimum Gasteiger partial charge on any atom is -0.489 e. The summed E-state index contributed by atoms with van der Waals surface area (Å²) in [7, 11) is 0. The molecule has 2 aromatic heterocycles. The molecule has 0 atom stereocenters. The van der Waals surface area contributed by atoms with Crippen LogP contribution in [0.1, 0.15) is 11.1 Å². The average Bonchev–Trinajstić information content (AvgIpc) is 3.27. The Bertz CT molecular complexity index is 1450. The summed E-state index contributed by atoms with van der Waals surface area (Å²) in [6.07, 6.45) is 1.65. The zero-order valence-corrected chi connectivity index (χ0v) is 18.5. The van der Waals surface area contributed by atoms with Gasteiger partial charge in [0.05, 0.1) is 16.8 Å². The van der Waals surface area contributed by atoms with Gasteiger partial charge in [0.2, 0.25) is 0 Å². The van der Waals surface area contributed by atoms with Crippen LogP contribution in [-0.4, -0.2) is 26.0 Å². The van der Waals surface area contributed by atoms with Crippen molar-refractivity contribution in [2.75, 3.05) is 5.43 Å². The van der Waals surface area contributed by atoms with Gasteiger partial charge >= 0.3 is 0 Å². The Morgan fingerprint density at radius 1 is 0.971 bits per heavy atom. The van der Waals surface area contributed by atoms with Crippen LogP contribution >= 0.6 is 11.6 Å². The third-order valence-corrected chi connectivity index (χ3v) is 5.26. The second-order valence-electron chi connectivity index (χ2n) is 7.33. The lowest BCUT2D eigenvalue weighted by Crippen LogP contribution is -2.01. The Morgan fingerprint density at radius 3 is 2.68 bits per heavy atom. The molecule has 34 heavy (non-hydrogen) atoms. The lowest BCUT2D eigenvalue weighted by molar-refractivity contribution is 0.306. The average molecular weight is 473 g/mol. The number of nitrogens with one attached hydrogen (secondary N) is 1. The van der Waals surface area contributed by atoms with Gasteiger partial charge in [0.25, 0.3) is 0 Å². The quantitative estimate of drug-likeness (QED) is 0.246. The predicted octanol–water partition coefficient (Wildman–Crippen LogP) is 5.61. The van der Waals surface area contributed by atoms with Crippen LogP contribution in [0.25, 0.3) is 17.0 Å². The number of hydrazone groups is 1. The van der Waals surface area contributed by atoms with E-state index in [-0.39, 0.29) is 16.4 Å². The SMILES string of the molecule is Fc1cccc(Cl)c1-c1nnc2ccc(N/N=C\c3cccc(OCc4ccccc4)c3)nn12. The maximum Gasteiger partial charge on any atom is 0.189 e. The summed E-state index contributed by atoms with van der Waals surface area (Å²) in [5.41, 5.74) is 5.40. The number of fused-ring (bicyclic) bond motifs is 1. The zero-order chi connectivity index (χ0) is 23.3. The van der Waals surface area contributed by atoms with Gasteiger partial charge in [-0.05, 0) is 47.5 Å². The number of halogens is 2. The van der Waals surface area contributed by atoms with E-state index < -0.39 is 5.82 Å². The maximum absolute atomic E-state index is 14.4. The van der Waals surface area contributed by atoms with E-state index in [1.54, 1.807) is 24.4 Å². The molecule has 7 nitrogen and oxygen atoms in total. The van der Waals surface area contributed by atoms with Crippen molar-refractivity contribution in [1.29, 1.82) is 0 Å². The molecular weight excluding hydrogens is 455 g/mol. The first-order valence-electron chi connectivity index (χ1n) is 10.4. The minimum atomic E-state index is -0.505. The van der Waals surface area contributed by atoms with Crippen molar-refractivity contribution in [1.82, 2.24) is 19.8 Å². The van der Waals surface area contributed by atoms with E-state index in [9.17, 15) is 4.39 Å². The molecule has 0 spiro atoms. The Kier molecular flexibility index (Phi) is 6.13. The van der Waals surface area contributed by atoms with Crippen molar-refractivity contribution in [3.05, 3.63) is 107 Å². The molecule has 0 fully saturated rings. The highest BCUT2D eigenvalue weighted by Crippen LogP contribution is 2.29. The molecule has 3 aromatic carbocycles. The number of aromatic nitrogens is 4. The molecule has 0 saturated heterocycles. The Hall–Kier alpha value is -4.30. The number of hydrogen-bond donors (Lipinski definition) is 1. The smallest absolute Gasteiger partial charge is 0.189 e. The van der Waals surface area contributed by atoms with Crippen molar-refractivity contribution in [3.8, 4) is 17.1 Å². The van der Waals surface area contributed by atoms with Gasteiger partial charge in [0.15, 0.2) is 17.3 Å². The predicted molar refractivity (Wildman–Crippen MR) is 130 cm³/mol. The summed E-state index contributed by atoms with van der Waals surface area (Å²) < 4.78 is 21.6. The van der Waals surface area contributed by atoms with Crippen LogP contribution in [0.4, 0.5) is 10.2 Å². The van der Waals surface area contributed by atoms with Crippen LogP contribution < -0.4 is 10.2 Å². The van der Waals surface area contributed by atoms with E-state index in [1.165, 1.54) is 16.6 Å². The fraction of sp³-hybridized carbons (Fsp3) is 0.0400. The van der Waals surface area contributed by atoms with Gasteiger partial charge in [-0.15, -0.1) is 15.3 Å². The van der Waals surface area contributed by atoms with Crippen LogP contribution in [0.3, 0.4) is 0 Å². The fourth-order valence-electron chi connectivity index (χ4n) is 3.31. The maximum atomic E-state index is 14.4. The van der Waals surface area contributed by atoms with Crippen LogP contribution in [0.2, 0.25) is 5.02 Å². The molecule has 2 heterocycles. The molecule has 1 N–H and O–H groups in total. The number of hydrogen-bond acceptors (Lipinski definition) is 6. The minimum absolute atomic E-state index is 0.136. The van der Waals surface area contributed by atoms with Gasteiger partial charge in [-0.3, -0.25) is 5.43 Å². The molecule has 0 unspecified atom stereocenters. The van der Waals surface area contributed by atoms with Crippen molar-refractivity contribution in [3.63, 3.8) is 0 Å². The molecule has 5 rings (SSSR count). The second kappa shape index (κ2) is 9.68. The van der Waals surface area contributed by atoms with Gasteiger partial charge in [0, 0.05) is 0 Å². The van der Waals surface area contributed by atoms with E-state index in [1.807, 2.05) is 54.6 Å². The van der Waals surface area contributed by atoms with E-state index in [4.69, 9.17) is 16.3 Å².